The van der Waals surface area contributed by atoms with Gasteiger partial charge in [-0.05, 0) is 19.3 Å². The van der Waals surface area contributed by atoms with Crippen LogP contribution >= 0.6 is 0 Å². The van der Waals surface area contributed by atoms with Crippen molar-refractivity contribution in [2.45, 2.75) is 361 Å². The van der Waals surface area contributed by atoms with Crippen LogP contribution in [-0.2, 0) is 28.6 Å². The Balaban J connectivity index is 4.27. The fourth-order valence-corrected chi connectivity index (χ4v) is 9.51. The lowest BCUT2D eigenvalue weighted by Gasteiger charge is -2.18. The first kappa shape index (κ1) is 65.4. The molecule has 0 spiro atoms. The molecule has 398 valence electrons. The highest BCUT2D eigenvalue weighted by Gasteiger charge is 2.19. The molecule has 67 heavy (non-hydrogen) atoms. The second-order valence-electron chi connectivity index (χ2n) is 21.0. The Hall–Kier alpha value is -1.59. The number of hydrogen-bond donors (Lipinski definition) is 0. The third-order valence-corrected chi connectivity index (χ3v) is 14.1. The maximum Gasteiger partial charge on any atom is 0.306 e. The van der Waals surface area contributed by atoms with Crippen LogP contribution in [0, 0.1) is 0 Å². The highest BCUT2D eigenvalue weighted by Crippen LogP contribution is 2.18. The summed E-state index contributed by atoms with van der Waals surface area (Å²) in [6.45, 7) is 6.72. The van der Waals surface area contributed by atoms with E-state index in [1.54, 1.807) is 0 Å². The molecule has 6 nitrogen and oxygen atoms in total. The number of rotatable bonds is 57. The van der Waals surface area contributed by atoms with Crippen LogP contribution in [0.3, 0.4) is 0 Å². The van der Waals surface area contributed by atoms with Gasteiger partial charge in [-0.25, -0.2) is 0 Å². The molecule has 0 aliphatic rings. The van der Waals surface area contributed by atoms with E-state index in [9.17, 15) is 14.4 Å². The van der Waals surface area contributed by atoms with Gasteiger partial charge in [0.1, 0.15) is 13.2 Å². The predicted octanol–water partition coefficient (Wildman–Crippen LogP) is 20.3. The van der Waals surface area contributed by atoms with E-state index in [1.807, 2.05) is 0 Å². The molecule has 0 aromatic carbocycles. The normalized spacial score (nSPS) is 11.9. The minimum Gasteiger partial charge on any atom is -0.462 e. The first-order valence-corrected chi connectivity index (χ1v) is 30.5. The van der Waals surface area contributed by atoms with Crippen molar-refractivity contribution in [2.24, 2.45) is 0 Å². The van der Waals surface area contributed by atoms with E-state index in [0.717, 1.165) is 57.8 Å². The molecule has 0 unspecified atom stereocenters. The summed E-state index contributed by atoms with van der Waals surface area (Å²) in [4.78, 5) is 38.2. The molecule has 0 heterocycles. The third-order valence-electron chi connectivity index (χ3n) is 14.1. The average Bonchev–Trinajstić information content (AvgIpc) is 3.33. The molecule has 0 bridgehead atoms. The summed E-state index contributed by atoms with van der Waals surface area (Å²) in [5.41, 5.74) is 0. The Morgan fingerprint density at radius 2 is 0.403 bits per heavy atom. The fraction of sp³-hybridized carbons (Fsp3) is 0.951. The smallest absolute Gasteiger partial charge is 0.306 e. The van der Waals surface area contributed by atoms with Crippen LogP contribution < -0.4 is 0 Å². The molecule has 0 N–H and O–H groups in total. The molecule has 6 heteroatoms. The van der Waals surface area contributed by atoms with Gasteiger partial charge in [0.25, 0.3) is 0 Å². The standard InChI is InChI=1S/C61H118O6/c1-4-7-10-13-16-19-22-25-28-29-30-31-34-36-39-42-45-48-51-54-60(63)66-57-58(67-61(64)55-52-49-46-43-40-37-33-27-24-21-18-15-12-9-6-3)56-65-59(62)53-50-47-44-41-38-35-32-26-23-20-17-14-11-8-5-2/h58H,4-57H2,1-3H3/t58-/m0/s1. The van der Waals surface area contributed by atoms with Crippen LogP contribution in [-0.4, -0.2) is 37.2 Å². The van der Waals surface area contributed by atoms with Crippen LogP contribution in [0.2, 0.25) is 0 Å². The SMILES string of the molecule is CCCCCCCCCCCCCCCCCCCCCC(=O)OC[C@H](COC(=O)CCCCCCCCCCCCCCCCC)OC(=O)CCCCCCCCCCCCCCCCC. The lowest BCUT2D eigenvalue weighted by atomic mass is 10.0. The summed E-state index contributed by atoms with van der Waals surface area (Å²) in [7, 11) is 0. The van der Waals surface area contributed by atoms with Gasteiger partial charge in [0.2, 0.25) is 0 Å². The average molecular weight is 948 g/mol. The lowest BCUT2D eigenvalue weighted by molar-refractivity contribution is -0.167. The predicted molar refractivity (Wildman–Crippen MR) is 289 cm³/mol. The Labute approximate surface area is 418 Å². The van der Waals surface area contributed by atoms with E-state index in [1.165, 1.54) is 257 Å². The zero-order chi connectivity index (χ0) is 48.6. The van der Waals surface area contributed by atoms with Crippen LogP contribution in [0.5, 0.6) is 0 Å². The molecule has 0 aliphatic carbocycles. The Bertz CT molecular complexity index is 998. The van der Waals surface area contributed by atoms with Gasteiger partial charge < -0.3 is 14.2 Å². The van der Waals surface area contributed by atoms with E-state index in [0.29, 0.717) is 19.3 Å². The molecular formula is C61H118O6. The number of ether oxygens (including phenoxy) is 3. The molecule has 1 atom stereocenters. The van der Waals surface area contributed by atoms with E-state index in [4.69, 9.17) is 14.2 Å². The molecule has 0 radical (unpaired) electrons. The van der Waals surface area contributed by atoms with Crippen molar-refractivity contribution in [1.82, 2.24) is 0 Å². The molecule has 0 aliphatic heterocycles. The molecular weight excluding hydrogens is 829 g/mol. The number of carbonyl (C=O) groups is 3. The zero-order valence-corrected chi connectivity index (χ0v) is 45.7. The van der Waals surface area contributed by atoms with Gasteiger partial charge in [0.05, 0.1) is 0 Å². The summed E-state index contributed by atoms with van der Waals surface area (Å²) < 4.78 is 16.9. The lowest BCUT2D eigenvalue weighted by Crippen LogP contribution is -2.30. The van der Waals surface area contributed by atoms with Gasteiger partial charge in [0.15, 0.2) is 6.10 Å². The van der Waals surface area contributed by atoms with Crippen molar-refractivity contribution >= 4 is 17.9 Å². The Morgan fingerprint density at radius 1 is 0.239 bits per heavy atom. The summed E-state index contributed by atoms with van der Waals surface area (Å²) in [6.07, 6.45) is 63.8. The van der Waals surface area contributed by atoms with Crippen molar-refractivity contribution in [2.75, 3.05) is 13.2 Å². The number of hydrogen-bond acceptors (Lipinski definition) is 6. The first-order valence-electron chi connectivity index (χ1n) is 30.5. The first-order chi connectivity index (χ1) is 33.0. The summed E-state index contributed by atoms with van der Waals surface area (Å²) in [6, 6.07) is 0. The van der Waals surface area contributed by atoms with Crippen molar-refractivity contribution < 1.29 is 28.6 Å². The van der Waals surface area contributed by atoms with Crippen LogP contribution in [0.1, 0.15) is 355 Å². The highest BCUT2D eigenvalue weighted by atomic mass is 16.6. The van der Waals surface area contributed by atoms with Gasteiger partial charge in [0, 0.05) is 19.3 Å². The van der Waals surface area contributed by atoms with Crippen molar-refractivity contribution in [3.8, 4) is 0 Å². The number of unbranched alkanes of at least 4 members (excludes halogenated alkanes) is 46. The minimum absolute atomic E-state index is 0.0607. The Morgan fingerprint density at radius 3 is 0.597 bits per heavy atom. The van der Waals surface area contributed by atoms with E-state index in [-0.39, 0.29) is 31.1 Å². The van der Waals surface area contributed by atoms with Gasteiger partial charge in [-0.15, -0.1) is 0 Å². The van der Waals surface area contributed by atoms with Crippen LogP contribution in [0.25, 0.3) is 0 Å². The molecule has 0 amide bonds. The second kappa shape index (κ2) is 57.0. The quantitative estimate of drug-likeness (QED) is 0.0343. The molecule has 0 rings (SSSR count). The second-order valence-corrected chi connectivity index (χ2v) is 21.0. The largest absolute Gasteiger partial charge is 0.462 e. The summed E-state index contributed by atoms with van der Waals surface area (Å²) in [5, 5.41) is 0. The summed E-state index contributed by atoms with van der Waals surface area (Å²) in [5.74, 6) is -0.828. The molecule has 0 aromatic rings. The van der Waals surface area contributed by atoms with Crippen molar-refractivity contribution in [3.63, 3.8) is 0 Å². The van der Waals surface area contributed by atoms with Gasteiger partial charge in [-0.1, -0.05) is 316 Å². The fourth-order valence-electron chi connectivity index (χ4n) is 9.51. The zero-order valence-electron chi connectivity index (χ0n) is 45.7. The van der Waals surface area contributed by atoms with Crippen LogP contribution in [0.15, 0.2) is 0 Å². The third kappa shape index (κ3) is 55.2. The van der Waals surface area contributed by atoms with E-state index in [2.05, 4.69) is 20.8 Å². The van der Waals surface area contributed by atoms with Gasteiger partial charge >= 0.3 is 17.9 Å². The summed E-state index contributed by atoms with van der Waals surface area (Å²) >= 11 is 0. The highest BCUT2D eigenvalue weighted by molar-refractivity contribution is 5.71. The number of carbonyl (C=O) groups excluding carboxylic acids is 3. The maximum absolute atomic E-state index is 12.9. The van der Waals surface area contributed by atoms with Crippen LogP contribution in [0.4, 0.5) is 0 Å². The number of esters is 3. The molecule has 0 fully saturated rings. The van der Waals surface area contributed by atoms with Gasteiger partial charge in [-0.2, -0.15) is 0 Å². The van der Waals surface area contributed by atoms with E-state index >= 15 is 0 Å². The Kier molecular flexibility index (Phi) is 55.6. The van der Waals surface area contributed by atoms with E-state index < -0.39 is 6.10 Å². The topological polar surface area (TPSA) is 78.9 Å². The minimum atomic E-state index is -0.761. The molecule has 0 saturated carbocycles. The van der Waals surface area contributed by atoms with Gasteiger partial charge in [-0.3, -0.25) is 14.4 Å². The maximum atomic E-state index is 12.9. The molecule has 0 aromatic heterocycles. The molecule has 0 saturated heterocycles. The van der Waals surface area contributed by atoms with Crippen molar-refractivity contribution in [3.05, 3.63) is 0 Å². The van der Waals surface area contributed by atoms with Crippen molar-refractivity contribution in [1.29, 1.82) is 0 Å². The monoisotopic (exact) mass is 947 g/mol.